The van der Waals surface area contributed by atoms with Gasteiger partial charge in [0.25, 0.3) is 5.91 Å². The van der Waals surface area contributed by atoms with Crippen LogP contribution in [-0.2, 0) is 0 Å². The second kappa shape index (κ2) is 6.72. The summed E-state index contributed by atoms with van der Waals surface area (Å²) in [6.07, 6.45) is 2.45. The maximum atomic E-state index is 12.4. The molecule has 1 fully saturated rings. The van der Waals surface area contributed by atoms with Crippen LogP contribution >= 0.6 is 11.6 Å². The molecule has 0 spiro atoms. The molecule has 2 aromatic rings. The number of benzene rings is 1. The van der Waals surface area contributed by atoms with Crippen LogP contribution in [-0.4, -0.2) is 40.8 Å². The van der Waals surface area contributed by atoms with Crippen molar-refractivity contribution in [3.05, 3.63) is 41.1 Å². The van der Waals surface area contributed by atoms with E-state index >= 15 is 0 Å². The Hall–Kier alpha value is -1.85. The molecule has 122 valence electrons. The summed E-state index contributed by atoms with van der Waals surface area (Å²) in [7, 11) is 1.72. The van der Waals surface area contributed by atoms with Gasteiger partial charge in [-0.1, -0.05) is 35.3 Å². The van der Waals surface area contributed by atoms with Gasteiger partial charge in [-0.3, -0.25) is 4.79 Å². The lowest BCUT2D eigenvalue weighted by Gasteiger charge is -2.22. The first-order valence-electron chi connectivity index (χ1n) is 7.71. The molecule has 1 saturated carbocycles. The fourth-order valence-electron chi connectivity index (χ4n) is 3.01. The number of aromatic nitrogens is 1. The van der Waals surface area contributed by atoms with Gasteiger partial charge in [-0.2, -0.15) is 0 Å². The summed E-state index contributed by atoms with van der Waals surface area (Å²) in [6, 6.07) is 8.85. The van der Waals surface area contributed by atoms with Crippen LogP contribution in [0.15, 0.2) is 34.9 Å². The molecule has 6 heteroatoms. The van der Waals surface area contributed by atoms with Crippen molar-refractivity contribution in [3.63, 3.8) is 0 Å². The third-order valence-electron chi connectivity index (χ3n) is 4.32. The number of carbonyl (C=O) groups is 1. The minimum absolute atomic E-state index is 0.138. The van der Waals surface area contributed by atoms with Crippen LogP contribution in [0.3, 0.4) is 0 Å². The molecular formula is C17H19ClN2O3. The van der Waals surface area contributed by atoms with E-state index in [1.165, 1.54) is 0 Å². The Balaban J connectivity index is 1.70. The Labute approximate surface area is 139 Å². The second-order valence-electron chi connectivity index (χ2n) is 6.03. The van der Waals surface area contributed by atoms with Gasteiger partial charge in [0, 0.05) is 36.2 Å². The SMILES string of the molecule is CN(CC1CCCC1O)C(=O)c1cc(-c2cccc(Cl)c2)no1. The largest absolute Gasteiger partial charge is 0.393 e. The van der Waals surface area contributed by atoms with Crippen LogP contribution < -0.4 is 0 Å². The van der Waals surface area contributed by atoms with E-state index in [-0.39, 0.29) is 23.7 Å². The lowest BCUT2D eigenvalue weighted by atomic mass is 10.1. The molecular weight excluding hydrogens is 316 g/mol. The Morgan fingerprint density at radius 2 is 2.26 bits per heavy atom. The Morgan fingerprint density at radius 1 is 1.43 bits per heavy atom. The Morgan fingerprint density at radius 3 is 2.96 bits per heavy atom. The zero-order chi connectivity index (χ0) is 16.4. The molecule has 1 heterocycles. The highest BCUT2D eigenvalue weighted by atomic mass is 35.5. The standard InChI is InChI=1S/C17H19ClN2O3/c1-20(10-12-5-3-7-15(12)21)17(22)16-9-14(19-23-16)11-4-2-6-13(18)8-11/h2,4,6,8-9,12,15,21H,3,5,7,10H2,1H3. The van der Waals surface area contributed by atoms with E-state index in [0.717, 1.165) is 24.8 Å². The van der Waals surface area contributed by atoms with Crippen LogP contribution in [0.5, 0.6) is 0 Å². The van der Waals surface area contributed by atoms with Crippen LogP contribution in [0.25, 0.3) is 11.3 Å². The predicted octanol–water partition coefficient (Wildman–Crippen LogP) is 3.23. The number of nitrogens with zero attached hydrogens (tertiary/aromatic N) is 2. The van der Waals surface area contributed by atoms with Crippen molar-refractivity contribution in [2.45, 2.75) is 25.4 Å². The maximum absolute atomic E-state index is 12.4. The van der Waals surface area contributed by atoms with Crippen molar-refractivity contribution in [1.29, 1.82) is 0 Å². The van der Waals surface area contributed by atoms with Crippen molar-refractivity contribution in [2.75, 3.05) is 13.6 Å². The zero-order valence-electron chi connectivity index (χ0n) is 12.9. The van der Waals surface area contributed by atoms with Crippen molar-refractivity contribution >= 4 is 17.5 Å². The number of halogens is 1. The highest BCUT2D eigenvalue weighted by molar-refractivity contribution is 6.30. The molecule has 3 rings (SSSR count). The number of hydrogen-bond acceptors (Lipinski definition) is 4. The fraction of sp³-hybridized carbons (Fsp3) is 0.412. The molecule has 1 N–H and O–H groups in total. The van der Waals surface area contributed by atoms with Crippen LogP contribution in [0, 0.1) is 5.92 Å². The normalized spacial score (nSPS) is 20.7. The second-order valence-corrected chi connectivity index (χ2v) is 6.47. The van der Waals surface area contributed by atoms with E-state index in [0.29, 0.717) is 17.3 Å². The molecule has 1 aliphatic carbocycles. The Kier molecular flexibility index (Phi) is 4.68. The zero-order valence-corrected chi connectivity index (χ0v) is 13.7. The summed E-state index contributed by atoms with van der Waals surface area (Å²) in [6.45, 7) is 0.521. The van der Waals surface area contributed by atoms with Gasteiger partial charge in [0.1, 0.15) is 5.69 Å². The maximum Gasteiger partial charge on any atom is 0.292 e. The number of carbonyl (C=O) groups excluding carboxylic acids is 1. The van der Waals surface area contributed by atoms with E-state index in [1.54, 1.807) is 30.1 Å². The van der Waals surface area contributed by atoms with E-state index in [9.17, 15) is 9.90 Å². The van der Waals surface area contributed by atoms with Gasteiger partial charge >= 0.3 is 0 Å². The summed E-state index contributed by atoms with van der Waals surface area (Å²) in [5.41, 5.74) is 1.37. The van der Waals surface area contributed by atoms with Gasteiger partial charge in [-0.25, -0.2) is 0 Å². The highest BCUT2D eigenvalue weighted by Crippen LogP contribution is 2.27. The first-order valence-corrected chi connectivity index (χ1v) is 8.08. The van der Waals surface area contributed by atoms with E-state index in [2.05, 4.69) is 5.16 Å². The average molecular weight is 335 g/mol. The van der Waals surface area contributed by atoms with E-state index in [1.807, 2.05) is 12.1 Å². The molecule has 23 heavy (non-hydrogen) atoms. The molecule has 1 amide bonds. The van der Waals surface area contributed by atoms with Gasteiger partial charge in [0.15, 0.2) is 0 Å². The van der Waals surface area contributed by atoms with E-state index < -0.39 is 0 Å². The molecule has 0 aliphatic heterocycles. The van der Waals surface area contributed by atoms with E-state index in [4.69, 9.17) is 16.1 Å². The van der Waals surface area contributed by atoms with Crippen molar-refractivity contribution in [2.24, 2.45) is 5.92 Å². The molecule has 1 aromatic carbocycles. The van der Waals surface area contributed by atoms with Gasteiger partial charge in [-0.05, 0) is 25.0 Å². The Bertz CT molecular complexity index is 701. The number of aliphatic hydroxyl groups is 1. The highest BCUT2D eigenvalue weighted by Gasteiger charge is 2.28. The lowest BCUT2D eigenvalue weighted by Crippen LogP contribution is -2.34. The average Bonchev–Trinajstić information content (AvgIpc) is 3.16. The number of rotatable bonds is 4. The molecule has 2 unspecified atom stereocenters. The summed E-state index contributed by atoms with van der Waals surface area (Å²) in [4.78, 5) is 14.0. The van der Waals surface area contributed by atoms with Gasteiger partial charge < -0.3 is 14.5 Å². The minimum Gasteiger partial charge on any atom is -0.393 e. The molecule has 2 atom stereocenters. The number of aliphatic hydroxyl groups excluding tert-OH is 1. The quantitative estimate of drug-likeness (QED) is 0.932. The molecule has 0 radical (unpaired) electrons. The summed E-state index contributed by atoms with van der Waals surface area (Å²) >= 11 is 5.97. The molecule has 1 aromatic heterocycles. The first kappa shape index (κ1) is 16.0. The third-order valence-corrected chi connectivity index (χ3v) is 4.55. The van der Waals surface area contributed by atoms with Gasteiger partial charge in [0.2, 0.25) is 5.76 Å². The summed E-state index contributed by atoms with van der Waals surface area (Å²) in [5.74, 6) is 0.0964. The van der Waals surface area contributed by atoms with Crippen LogP contribution in [0.4, 0.5) is 0 Å². The van der Waals surface area contributed by atoms with Crippen molar-refractivity contribution < 1.29 is 14.4 Å². The van der Waals surface area contributed by atoms with Gasteiger partial charge in [-0.15, -0.1) is 0 Å². The van der Waals surface area contributed by atoms with Crippen molar-refractivity contribution in [1.82, 2.24) is 10.1 Å². The molecule has 0 saturated heterocycles. The number of hydrogen-bond donors (Lipinski definition) is 1. The molecule has 1 aliphatic rings. The minimum atomic E-state index is -0.318. The number of amides is 1. The molecule has 0 bridgehead atoms. The van der Waals surface area contributed by atoms with Crippen LogP contribution in [0.2, 0.25) is 5.02 Å². The first-order chi connectivity index (χ1) is 11.0. The van der Waals surface area contributed by atoms with Crippen molar-refractivity contribution in [3.8, 4) is 11.3 Å². The summed E-state index contributed by atoms with van der Waals surface area (Å²) in [5, 5.41) is 14.4. The smallest absolute Gasteiger partial charge is 0.292 e. The lowest BCUT2D eigenvalue weighted by molar-refractivity contribution is 0.0656. The van der Waals surface area contributed by atoms with Gasteiger partial charge in [0.05, 0.1) is 6.10 Å². The molecule has 5 nitrogen and oxygen atoms in total. The third kappa shape index (κ3) is 3.57. The summed E-state index contributed by atoms with van der Waals surface area (Å²) < 4.78 is 5.19. The topological polar surface area (TPSA) is 66.6 Å². The monoisotopic (exact) mass is 334 g/mol. The van der Waals surface area contributed by atoms with Crippen LogP contribution in [0.1, 0.15) is 29.8 Å². The fourth-order valence-corrected chi connectivity index (χ4v) is 3.20. The predicted molar refractivity (Wildman–Crippen MR) is 87.3 cm³/mol.